The van der Waals surface area contributed by atoms with E-state index in [0.717, 1.165) is 17.3 Å². The fraction of sp³-hybridized carbons (Fsp3) is 0.167. The second-order valence-corrected chi connectivity index (χ2v) is 7.53. The zero-order chi connectivity index (χ0) is 18.2. The van der Waals surface area contributed by atoms with Crippen molar-refractivity contribution in [3.8, 4) is 11.3 Å². The van der Waals surface area contributed by atoms with Crippen LogP contribution in [0.15, 0.2) is 51.9 Å². The van der Waals surface area contributed by atoms with Crippen LogP contribution < -0.4 is 4.72 Å². The minimum absolute atomic E-state index is 0.119. The third-order valence-electron chi connectivity index (χ3n) is 3.80. The summed E-state index contributed by atoms with van der Waals surface area (Å²) in [6.45, 7) is 5.11. The van der Waals surface area contributed by atoms with Crippen LogP contribution in [0.4, 0.5) is 10.1 Å². The fourth-order valence-corrected chi connectivity index (χ4v) is 3.75. The van der Waals surface area contributed by atoms with Crippen LogP contribution in [0.2, 0.25) is 0 Å². The van der Waals surface area contributed by atoms with Gasteiger partial charge < -0.3 is 4.52 Å². The van der Waals surface area contributed by atoms with Crippen molar-refractivity contribution in [3.63, 3.8) is 0 Å². The molecule has 0 fully saturated rings. The van der Waals surface area contributed by atoms with Gasteiger partial charge in [0.05, 0.1) is 16.3 Å². The van der Waals surface area contributed by atoms with Crippen LogP contribution >= 0.6 is 0 Å². The Labute approximate surface area is 145 Å². The van der Waals surface area contributed by atoms with E-state index >= 15 is 0 Å². The van der Waals surface area contributed by atoms with Gasteiger partial charge in [0.25, 0.3) is 10.0 Å². The van der Waals surface area contributed by atoms with Gasteiger partial charge in [0, 0.05) is 11.6 Å². The van der Waals surface area contributed by atoms with Crippen molar-refractivity contribution in [1.29, 1.82) is 0 Å². The zero-order valence-corrected chi connectivity index (χ0v) is 14.8. The normalized spacial score (nSPS) is 11.5. The maximum Gasteiger partial charge on any atom is 0.262 e. The predicted octanol–water partition coefficient (Wildman–Crippen LogP) is 4.21. The first-order valence-corrected chi connectivity index (χ1v) is 9.08. The molecular formula is C18H17FN2O3S. The van der Waals surface area contributed by atoms with E-state index < -0.39 is 15.8 Å². The highest BCUT2D eigenvalue weighted by molar-refractivity contribution is 7.92. The molecule has 0 amide bonds. The van der Waals surface area contributed by atoms with Crippen molar-refractivity contribution in [1.82, 2.24) is 5.16 Å². The molecule has 0 saturated carbocycles. The second kappa shape index (κ2) is 6.33. The summed E-state index contributed by atoms with van der Waals surface area (Å²) in [5, 5.41) is 3.82. The summed E-state index contributed by atoms with van der Waals surface area (Å²) in [5.74, 6) is 0.103. The lowest BCUT2D eigenvalue weighted by Gasteiger charge is -2.11. The fourth-order valence-electron chi connectivity index (χ4n) is 2.47. The van der Waals surface area contributed by atoms with Crippen LogP contribution in [-0.2, 0) is 10.0 Å². The van der Waals surface area contributed by atoms with Gasteiger partial charge in [0.1, 0.15) is 5.82 Å². The van der Waals surface area contributed by atoms with Crippen LogP contribution in [0.5, 0.6) is 0 Å². The van der Waals surface area contributed by atoms with E-state index in [0.29, 0.717) is 16.9 Å². The first-order chi connectivity index (χ1) is 11.8. The molecular weight excluding hydrogens is 343 g/mol. The minimum atomic E-state index is -3.83. The number of rotatable bonds is 4. The number of sulfonamides is 1. The molecule has 0 spiro atoms. The molecule has 0 saturated heterocycles. The number of hydrogen-bond acceptors (Lipinski definition) is 4. The van der Waals surface area contributed by atoms with E-state index in [9.17, 15) is 12.8 Å². The van der Waals surface area contributed by atoms with Crippen molar-refractivity contribution in [2.24, 2.45) is 0 Å². The summed E-state index contributed by atoms with van der Waals surface area (Å²) in [5.41, 5.74) is 2.65. The van der Waals surface area contributed by atoms with E-state index in [1.165, 1.54) is 18.2 Å². The van der Waals surface area contributed by atoms with E-state index in [-0.39, 0.29) is 10.6 Å². The first kappa shape index (κ1) is 17.2. The molecule has 1 N–H and O–H groups in total. The smallest absolute Gasteiger partial charge is 0.262 e. The Morgan fingerprint density at radius 2 is 1.76 bits per heavy atom. The van der Waals surface area contributed by atoms with Gasteiger partial charge in [0.2, 0.25) is 0 Å². The van der Waals surface area contributed by atoms with Crippen molar-refractivity contribution < 1.29 is 17.3 Å². The van der Waals surface area contributed by atoms with Gasteiger partial charge in [-0.25, -0.2) is 12.8 Å². The van der Waals surface area contributed by atoms with Gasteiger partial charge in [-0.05, 0) is 62.2 Å². The van der Waals surface area contributed by atoms with Gasteiger partial charge in [-0.1, -0.05) is 11.2 Å². The van der Waals surface area contributed by atoms with E-state index in [2.05, 4.69) is 9.88 Å². The minimum Gasteiger partial charge on any atom is -0.356 e. The standard InChI is InChI=1S/C18H17FN2O3S/c1-11-4-6-15(10-16(11)19)21-25(22,23)18-7-5-14(8-12(18)2)17-9-13(3)20-24-17/h4-10,21H,1-3H3. The predicted molar refractivity (Wildman–Crippen MR) is 93.4 cm³/mol. The lowest BCUT2D eigenvalue weighted by atomic mass is 10.1. The Balaban J connectivity index is 1.93. The Morgan fingerprint density at radius 1 is 1.00 bits per heavy atom. The molecule has 7 heteroatoms. The molecule has 3 rings (SSSR count). The lowest BCUT2D eigenvalue weighted by molar-refractivity contribution is 0.427. The van der Waals surface area contributed by atoms with Gasteiger partial charge in [-0.15, -0.1) is 0 Å². The average molecular weight is 360 g/mol. The van der Waals surface area contributed by atoms with Crippen molar-refractivity contribution in [2.75, 3.05) is 4.72 Å². The summed E-state index contributed by atoms with van der Waals surface area (Å²) in [6, 6.07) is 10.8. The summed E-state index contributed by atoms with van der Waals surface area (Å²) < 4.78 is 46.4. The average Bonchev–Trinajstić information content (AvgIpc) is 2.97. The quantitative estimate of drug-likeness (QED) is 0.757. The molecule has 0 aliphatic heterocycles. The molecule has 0 unspecified atom stereocenters. The molecule has 1 aromatic heterocycles. The molecule has 0 bridgehead atoms. The topological polar surface area (TPSA) is 72.2 Å². The monoisotopic (exact) mass is 360 g/mol. The highest BCUT2D eigenvalue weighted by atomic mass is 32.2. The molecule has 0 aliphatic carbocycles. The number of halogens is 1. The number of aryl methyl sites for hydroxylation is 3. The molecule has 25 heavy (non-hydrogen) atoms. The van der Waals surface area contributed by atoms with Crippen LogP contribution in [0.25, 0.3) is 11.3 Å². The van der Waals surface area contributed by atoms with E-state index in [1.807, 2.05) is 6.92 Å². The van der Waals surface area contributed by atoms with E-state index in [4.69, 9.17) is 4.52 Å². The summed E-state index contributed by atoms with van der Waals surface area (Å²) >= 11 is 0. The van der Waals surface area contributed by atoms with Crippen molar-refractivity contribution in [2.45, 2.75) is 25.7 Å². The molecule has 5 nitrogen and oxygen atoms in total. The van der Waals surface area contributed by atoms with Crippen molar-refractivity contribution in [3.05, 3.63) is 65.1 Å². The first-order valence-electron chi connectivity index (χ1n) is 7.59. The van der Waals surface area contributed by atoms with Gasteiger partial charge >= 0.3 is 0 Å². The Bertz CT molecular complexity index is 1040. The Morgan fingerprint density at radius 3 is 2.36 bits per heavy atom. The number of benzene rings is 2. The number of anilines is 1. The molecule has 1 heterocycles. The largest absolute Gasteiger partial charge is 0.356 e. The number of hydrogen-bond donors (Lipinski definition) is 1. The third kappa shape index (κ3) is 3.56. The Kier molecular flexibility index (Phi) is 4.34. The van der Waals surface area contributed by atoms with Gasteiger partial charge in [0.15, 0.2) is 5.76 Å². The van der Waals surface area contributed by atoms with Crippen LogP contribution in [0, 0.1) is 26.6 Å². The molecule has 3 aromatic rings. The van der Waals surface area contributed by atoms with Crippen LogP contribution in [-0.4, -0.2) is 13.6 Å². The Hall–Kier alpha value is -2.67. The highest BCUT2D eigenvalue weighted by Crippen LogP contribution is 2.26. The summed E-state index contributed by atoms with van der Waals surface area (Å²) in [4.78, 5) is 0.119. The van der Waals surface area contributed by atoms with Crippen molar-refractivity contribution >= 4 is 15.7 Å². The molecule has 2 aromatic carbocycles. The number of nitrogens with one attached hydrogen (secondary N) is 1. The molecule has 0 radical (unpaired) electrons. The SMILES string of the molecule is Cc1cc(-c2ccc(S(=O)(=O)Nc3ccc(C)c(F)c3)c(C)c2)on1. The van der Waals surface area contributed by atoms with Crippen LogP contribution in [0.3, 0.4) is 0 Å². The zero-order valence-electron chi connectivity index (χ0n) is 14.0. The number of aromatic nitrogens is 1. The van der Waals surface area contributed by atoms with Gasteiger partial charge in [-0.2, -0.15) is 0 Å². The maximum absolute atomic E-state index is 13.6. The molecule has 0 aliphatic rings. The molecule has 0 atom stereocenters. The van der Waals surface area contributed by atoms with E-state index in [1.54, 1.807) is 32.0 Å². The summed E-state index contributed by atoms with van der Waals surface area (Å²) in [7, 11) is -3.83. The van der Waals surface area contributed by atoms with Gasteiger partial charge in [-0.3, -0.25) is 4.72 Å². The maximum atomic E-state index is 13.6. The third-order valence-corrected chi connectivity index (χ3v) is 5.34. The number of nitrogens with zero attached hydrogens (tertiary/aromatic N) is 1. The second-order valence-electron chi connectivity index (χ2n) is 5.88. The summed E-state index contributed by atoms with van der Waals surface area (Å²) in [6.07, 6.45) is 0. The molecule has 130 valence electrons. The van der Waals surface area contributed by atoms with Crippen LogP contribution in [0.1, 0.15) is 16.8 Å². The highest BCUT2D eigenvalue weighted by Gasteiger charge is 2.18. The lowest BCUT2D eigenvalue weighted by Crippen LogP contribution is -2.14.